The van der Waals surface area contributed by atoms with Crippen molar-refractivity contribution in [2.45, 2.75) is 19.8 Å². The zero-order valence-corrected chi connectivity index (χ0v) is 14.9. The molecule has 2 rings (SSSR count). The second-order valence-corrected chi connectivity index (χ2v) is 6.68. The molecule has 2 aromatic rings. The maximum Gasteiger partial charge on any atom is 0.175 e. The molecule has 0 unspecified atom stereocenters. The highest BCUT2D eigenvalue weighted by molar-refractivity contribution is 9.10. The largest absolute Gasteiger partial charge is 0.332 e. The third-order valence-electron chi connectivity index (χ3n) is 3.01. The van der Waals surface area contributed by atoms with Gasteiger partial charge in [0.2, 0.25) is 0 Å². The predicted molar refractivity (Wildman–Crippen MR) is 99.5 cm³/mol. The molecule has 0 amide bonds. The monoisotopic (exact) mass is 382 g/mol. The van der Waals surface area contributed by atoms with E-state index in [1.54, 1.807) is 0 Å². The van der Waals surface area contributed by atoms with E-state index in [4.69, 9.17) is 23.8 Å². The van der Waals surface area contributed by atoms with Gasteiger partial charge in [-0.25, -0.2) is 0 Å². The lowest BCUT2D eigenvalue weighted by atomic mass is 10.0. The summed E-state index contributed by atoms with van der Waals surface area (Å²) < 4.78 is 0.932. The number of hydrogen-bond acceptors (Lipinski definition) is 1. The molecule has 0 saturated carbocycles. The van der Waals surface area contributed by atoms with Crippen molar-refractivity contribution in [2.24, 2.45) is 0 Å². The van der Waals surface area contributed by atoms with E-state index >= 15 is 0 Å². The Morgan fingerprint density at radius 1 is 1.10 bits per heavy atom. The lowest BCUT2D eigenvalue weighted by Gasteiger charge is -2.16. The van der Waals surface area contributed by atoms with Crippen LogP contribution in [0.1, 0.15) is 25.3 Å². The average molecular weight is 384 g/mol. The van der Waals surface area contributed by atoms with E-state index in [1.165, 1.54) is 5.56 Å². The Hall–Kier alpha value is -1.10. The Kier molecular flexibility index (Phi) is 5.62. The number of thiocarbonyl (C=S) groups is 1. The first-order valence-corrected chi connectivity index (χ1v) is 8.17. The molecule has 0 aromatic heterocycles. The van der Waals surface area contributed by atoms with Gasteiger partial charge >= 0.3 is 0 Å². The van der Waals surface area contributed by atoms with Crippen molar-refractivity contribution in [1.29, 1.82) is 0 Å². The van der Waals surface area contributed by atoms with Gasteiger partial charge in [-0.15, -0.1) is 0 Å². The van der Waals surface area contributed by atoms with E-state index in [0.29, 0.717) is 16.1 Å². The van der Waals surface area contributed by atoms with Gasteiger partial charge in [-0.05, 0) is 48.0 Å². The van der Waals surface area contributed by atoms with Crippen molar-refractivity contribution >= 4 is 56.2 Å². The fraction of sp³-hybridized carbons (Fsp3) is 0.188. The van der Waals surface area contributed by atoms with E-state index in [0.717, 1.165) is 15.8 Å². The SMILES string of the molecule is CC(C)c1ccccc1NC(=S)Nc1ccc(Br)cc1Cl. The summed E-state index contributed by atoms with van der Waals surface area (Å²) in [5, 5.41) is 7.49. The Bertz CT molecular complexity index is 658. The second-order valence-electron chi connectivity index (χ2n) is 4.95. The van der Waals surface area contributed by atoms with Crippen molar-refractivity contribution in [1.82, 2.24) is 0 Å². The third-order valence-corrected chi connectivity index (χ3v) is 4.02. The molecular weight excluding hydrogens is 368 g/mol. The molecule has 110 valence electrons. The number of rotatable bonds is 3. The maximum atomic E-state index is 6.18. The molecule has 0 saturated heterocycles. The number of hydrogen-bond donors (Lipinski definition) is 2. The number of nitrogens with one attached hydrogen (secondary N) is 2. The number of para-hydroxylation sites is 1. The number of halogens is 2. The smallest absolute Gasteiger partial charge is 0.175 e. The van der Waals surface area contributed by atoms with E-state index in [1.807, 2.05) is 36.4 Å². The first-order chi connectivity index (χ1) is 9.97. The van der Waals surface area contributed by atoms with Crippen molar-refractivity contribution in [3.63, 3.8) is 0 Å². The van der Waals surface area contributed by atoms with E-state index in [-0.39, 0.29) is 0 Å². The molecule has 2 N–H and O–H groups in total. The van der Waals surface area contributed by atoms with Crippen LogP contribution in [0.3, 0.4) is 0 Å². The highest BCUT2D eigenvalue weighted by Crippen LogP contribution is 2.27. The van der Waals surface area contributed by atoms with Crippen molar-refractivity contribution in [3.8, 4) is 0 Å². The van der Waals surface area contributed by atoms with E-state index in [2.05, 4.69) is 46.5 Å². The minimum atomic E-state index is 0.424. The minimum absolute atomic E-state index is 0.424. The van der Waals surface area contributed by atoms with Crippen LogP contribution in [0.25, 0.3) is 0 Å². The van der Waals surface area contributed by atoms with Crippen molar-refractivity contribution in [3.05, 3.63) is 57.5 Å². The summed E-state index contributed by atoms with van der Waals surface area (Å²) in [5.74, 6) is 0.424. The van der Waals surface area contributed by atoms with Crippen molar-refractivity contribution in [2.75, 3.05) is 10.6 Å². The summed E-state index contributed by atoms with van der Waals surface area (Å²) in [4.78, 5) is 0. The molecule has 2 nitrogen and oxygen atoms in total. The Morgan fingerprint density at radius 3 is 2.43 bits per heavy atom. The number of benzene rings is 2. The van der Waals surface area contributed by atoms with Crippen LogP contribution in [0.4, 0.5) is 11.4 Å². The average Bonchev–Trinajstić information content (AvgIpc) is 2.42. The molecule has 0 aliphatic heterocycles. The molecule has 0 aliphatic rings. The molecule has 0 radical (unpaired) electrons. The lowest BCUT2D eigenvalue weighted by molar-refractivity contribution is 0.869. The first kappa shape index (κ1) is 16.3. The van der Waals surface area contributed by atoms with Gasteiger partial charge in [0.1, 0.15) is 0 Å². The maximum absolute atomic E-state index is 6.18. The van der Waals surface area contributed by atoms with E-state index in [9.17, 15) is 0 Å². The molecule has 0 fully saturated rings. The molecule has 2 aromatic carbocycles. The Balaban J connectivity index is 2.12. The van der Waals surface area contributed by atoms with Gasteiger partial charge in [0, 0.05) is 10.2 Å². The highest BCUT2D eigenvalue weighted by atomic mass is 79.9. The van der Waals surface area contributed by atoms with E-state index < -0.39 is 0 Å². The summed E-state index contributed by atoms with van der Waals surface area (Å²) in [6, 6.07) is 13.8. The quantitative estimate of drug-likeness (QED) is 0.632. The molecule has 0 bridgehead atoms. The Morgan fingerprint density at radius 2 is 1.76 bits per heavy atom. The fourth-order valence-electron chi connectivity index (χ4n) is 1.98. The lowest BCUT2D eigenvalue weighted by Crippen LogP contribution is -2.20. The van der Waals surface area contributed by atoms with Crippen LogP contribution in [0.2, 0.25) is 5.02 Å². The number of anilines is 2. The molecule has 0 aliphatic carbocycles. The summed E-state index contributed by atoms with van der Waals surface area (Å²) in [6.45, 7) is 4.31. The topological polar surface area (TPSA) is 24.1 Å². The van der Waals surface area contributed by atoms with Crippen LogP contribution in [0, 0.1) is 0 Å². The summed E-state index contributed by atoms with van der Waals surface area (Å²) >= 11 is 14.9. The summed E-state index contributed by atoms with van der Waals surface area (Å²) in [6.07, 6.45) is 0. The predicted octanol–water partition coefficient (Wildman–Crippen LogP) is 6.03. The molecule has 0 heterocycles. The van der Waals surface area contributed by atoms with Gasteiger partial charge in [-0.2, -0.15) is 0 Å². The third kappa shape index (κ3) is 4.43. The normalized spacial score (nSPS) is 10.5. The molecule has 0 spiro atoms. The molecular formula is C16H16BrClN2S. The standard InChI is InChI=1S/C16H16BrClN2S/c1-10(2)12-5-3-4-6-14(12)19-16(21)20-15-8-7-11(17)9-13(15)18/h3-10H,1-2H3,(H2,19,20,21). The van der Waals surface area contributed by atoms with Gasteiger partial charge in [0.05, 0.1) is 10.7 Å². The molecule has 0 atom stereocenters. The highest BCUT2D eigenvalue weighted by Gasteiger charge is 2.08. The fourth-order valence-corrected chi connectivity index (χ4v) is 2.92. The van der Waals surface area contributed by atoms with Gasteiger partial charge < -0.3 is 10.6 Å². The summed E-state index contributed by atoms with van der Waals surface area (Å²) in [5.41, 5.74) is 3.01. The summed E-state index contributed by atoms with van der Waals surface area (Å²) in [7, 11) is 0. The van der Waals surface area contributed by atoms with Crippen LogP contribution in [-0.4, -0.2) is 5.11 Å². The second kappa shape index (κ2) is 7.25. The van der Waals surface area contributed by atoms with Crippen LogP contribution in [0.15, 0.2) is 46.9 Å². The molecule has 21 heavy (non-hydrogen) atoms. The van der Waals surface area contributed by atoms with Gasteiger partial charge in [-0.3, -0.25) is 0 Å². The zero-order chi connectivity index (χ0) is 15.4. The van der Waals surface area contributed by atoms with Crippen molar-refractivity contribution < 1.29 is 0 Å². The molecule has 5 heteroatoms. The Labute approximate surface area is 144 Å². The van der Waals surface area contributed by atoms with Crippen LogP contribution in [0.5, 0.6) is 0 Å². The first-order valence-electron chi connectivity index (χ1n) is 6.59. The zero-order valence-electron chi connectivity index (χ0n) is 11.8. The van der Waals surface area contributed by atoms with Gasteiger partial charge in [-0.1, -0.05) is 59.6 Å². The van der Waals surface area contributed by atoms with Crippen LogP contribution < -0.4 is 10.6 Å². The minimum Gasteiger partial charge on any atom is -0.332 e. The van der Waals surface area contributed by atoms with Crippen LogP contribution in [-0.2, 0) is 0 Å². The van der Waals surface area contributed by atoms with Crippen LogP contribution >= 0.6 is 39.7 Å². The van der Waals surface area contributed by atoms with Gasteiger partial charge in [0.25, 0.3) is 0 Å². The van der Waals surface area contributed by atoms with Gasteiger partial charge in [0.15, 0.2) is 5.11 Å².